The summed E-state index contributed by atoms with van der Waals surface area (Å²) in [6.07, 6.45) is 4.71. The molecule has 0 aliphatic rings. The summed E-state index contributed by atoms with van der Waals surface area (Å²) >= 11 is 0. The van der Waals surface area contributed by atoms with Gasteiger partial charge in [-0.1, -0.05) is 0 Å². The summed E-state index contributed by atoms with van der Waals surface area (Å²) in [6.45, 7) is 2.89. The molecule has 0 atom stereocenters. The second-order valence-electron chi connectivity index (χ2n) is 2.85. The number of aromatic nitrogens is 2. The SMILES string of the molecule is CCNC(=O)OCCCc1cnc[nH]1. The van der Waals surface area contributed by atoms with E-state index in [2.05, 4.69) is 15.3 Å². The van der Waals surface area contributed by atoms with Crippen LogP contribution in [0.2, 0.25) is 0 Å². The number of alkyl carbamates (subject to hydrolysis) is 1. The van der Waals surface area contributed by atoms with E-state index >= 15 is 0 Å². The summed E-state index contributed by atoms with van der Waals surface area (Å²) in [5, 5.41) is 2.56. The first-order valence-electron chi connectivity index (χ1n) is 4.70. The Kier molecular flexibility index (Phi) is 4.54. The molecular formula is C9H15N3O2. The summed E-state index contributed by atoms with van der Waals surface area (Å²) in [7, 11) is 0. The van der Waals surface area contributed by atoms with E-state index in [1.807, 2.05) is 6.92 Å². The standard InChI is InChI=1S/C9H15N3O2/c1-2-11-9(13)14-5-3-4-8-6-10-7-12-8/h6-7H,2-5H2,1H3,(H,10,12)(H,11,13). The fourth-order valence-corrected chi connectivity index (χ4v) is 1.04. The van der Waals surface area contributed by atoms with Crippen molar-refractivity contribution in [1.29, 1.82) is 0 Å². The first-order valence-corrected chi connectivity index (χ1v) is 4.70. The van der Waals surface area contributed by atoms with Crippen LogP contribution in [0.4, 0.5) is 4.79 Å². The number of rotatable bonds is 5. The molecule has 2 N–H and O–H groups in total. The van der Waals surface area contributed by atoms with E-state index in [-0.39, 0.29) is 6.09 Å². The van der Waals surface area contributed by atoms with Crippen LogP contribution >= 0.6 is 0 Å². The molecule has 0 radical (unpaired) electrons. The number of nitrogens with one attached hydrogen (secondary N) is 2. The highest BCUT2D eigenvalue weighted by Gasteiger charge is 1.99. The molecule has 0 aromatic carbocycles. The zero-order valence-corrected chi connectivity index (χ0v) is 8.25. The molecule has 1 rings (SSSR count). The molecular weight excluding hydrogens is 182 g/mol. The molecule has 0 bridgehead atoms. The summed E-state index contributed by atoms with van der Waals surface area (Å²) in [6, 6.07) is 0. The maximum absolute atomic E-state index is 10.9. The van der Waals surface area contributed by atoms with Crippen molar-refractivity contribution in [1.82, 2.24) is 15.3 Å². The smallest absolute Gasteiger partial charge is 0.407 e. The second kappa shape index (κ2) is 6.01. The molecule has 0 saturated heterocycles. The lowest BCUT2D eigenvalue weighted by Gasteiger charge is -2.03. The van der Waals surface area contributed by atoms with Gasteiger partial charge in [0.25, 0.3) is 0 Å². The van der Waals surface area contributed by atoms with Crippen molar-refractivity contribution in [3.05, 3.63) is 18.2 Å². The van der Waals surface area contributed by atoms with Gasteiger partial charge >= 0.3 is 6.09 Å². The first-order chi connectivity index (χ1) is 6.83. The molecule has 1 amide bonds. The summed E-state index contributed by atoms with van der Waals surface area (Å²) in [5.41, 5.74) is 1.06. The minimum atomic E-state index is -0.350. The molecule has 1 aromatic heterocycles. The van der Waals surface area contributed by atoms with Gasteiger partial charge in [-0.05, 0) is 19.8 Å². The van der Waals surface area contributed by atoms with Gasteiger partial charge in [0.05, 0.1) is 12.9 Å². The molecule has 0 spiro atoms. The Morgan fingerprint density at radius 1 is 1.71 bits per heavy atom. The van der Waals surface area contributed by atoms with E-state index in [4.69, 9.17) is 4.74 Å². The zero-order valence-electron chi connectivity index (χ0n) is 8.25. The number of carbonyl (C=O) groups is 1. The van der Waals surface area contributed by atoms with Crippen LogP contribution in [-0.4, -0.2) is 29.2 Å². The zero-order chi connectivity index (χ0) is 10.2. The highest BCUT2D eigenvalue weighted by Crippen LogP contribution is 1.96. The van der Waals surface area contributed by atoms with Crippen molar-refractivity contribution >= 4 is 6.09 Å². The van der Waals surface area contributed by atoms with Crippen LogP contribution < -0.4 is 5.32 Å². The van der Waals surface area contributed by atoms with Crippen LogP contribution in [0.5, 0.6) is 0 Å². The number of ether oxygens (including phenoxy) is 1. The van der Waals surface area contributed by atoms with E-state index in [9.17, 15) is 4.79 Å². The molecule has 1 aromatic rings. The number of H-pyrrole nitrogens is 1. The number of amides is 1. The molecule has 5 heteroatoms. The third-order valence-electron chi connectivity index (χ3n) is 1.70. The average molecular weight is 197 g/mol. The van der Waals surface area contributed by atoms with Gasteiger partial charge in [0, 0.05) is 18.4 Å². The third kappa shape index (κ3) is 3.93. The minimum absolute atomic E-state index is 0.350. The molecule has 0 aliphatic carbocycles. The Labute approximate surface area is 82.9 Å². The van der Waals surface area contributed by atoms with Crippen LogP contribution in [0.1, 0.15) is 19.0 Å². The minimum Gasteiger partial charge on any atom is -0.450 e. The maximum Gasteiger partial charge on any atom is 0.407 e. The van der Waals surface area contributed by atoms with Gasteiger partial charge in [-0.2, -0.15) is 0 Å². The number of imidazole rings is 1. The van der Waals surface area contributed by atoms with E-state index in [0.717, 1.165) is 18.5 Å². The lowest BCUT2D eigenvalue weighted by Crippen LogP contribution is -2.24. The average Bonchev–Trinajstić information content (AvgIpc) is 2.65. The monoisotopic (exact) mass is 197 g/mol. The van der Waals surface area contributed by atoms with E-state index in [1.54, 1.807) is 12.5 Å². The predicted octanol–water partition coefficient (Wildman–Crippen LogP) is 1.09. The molecule has 78 valence electrons. The highest BCUT2D eigenvalue weighted by atomic mass is 16.5. The summed E-state index contributed by atoms with van der Waals surface area (Å²) < 4.78 is 4.90. The number of nitrogens with zero attached hydrogens (tertiary/aromatic N) is 1. The van der Waals surface area contributed by atoms with Crippen LogP contribution in [0.25, 0.3) is 0 Å². The Balaban J connectivity index is 2.02. The quantitative estimate of drug-likeness (QED) is 0.694. The van der Waals surface area contributed by atoms with E-state index in [0.29, 0.717) is 13.2 Å². The highest BCUT2D eigenvalue weighted by molar-refractivity contribution is 5.66. The number of hydrogen-bond donors (Lipinski definition) is 2. The largest absolute Gasteiger partial charge is 0.450 e. The van der Waals surface area contributed by atoms with Crippen LogP contribution in [0.3, 0.4) is 0 Å². The fraction of sp³-hybridized carbons (Fsp3) is 0.556. The second-order valence-corrected chi connectivity index (χ2v) is 2.85. The first kappa shape index (κ1) is 10.6. The van der Waals surface area contributed by atoms with Gasteiger partial charge in [0.1, 0.15) is 0 Å². The van der Waals surface area contributed by atoms with Crippen LogP contribution in [0, 0.1) is 0 Å². The van der Waals surface area contributed by atoms with Crippen molar-refractivity contribution < 1.29 is 9.53 Å². The van der Waals surface area contributed by atoms with Crippen molar-refractivity contribution in [2.45, 2.75) is 19.8 Å². The lowest BCUT2D eigenvalue weighted by atomic mass is 10.3. The Bertz CT molecular complexity index is 259. The van der Waals surface area contributed by atoms with Crippen molar-refractivity contribution in [3.8, 4) is 0 Å². The number of aromatic amines is 1. The molecule has 0 saturated carbocycles. The van der Waals surface area contributed by atoms with E-state index < -0.39 is 0 Å². The normalized spacial score (nSPS) is 9.79. The molecule has 5 nitrogen and oxygen atoms in total. The van der Waals surface area contributed by atoms with Gasteiger partial charge in [-0.15, -0.1) is 0 Å². The third-order valence-corrected chi connectivity index (χ3v) is 1.70. The Morgan fingerprint density at radius 3 is 3.21 bits per heavy atom. The van der Waals surface area contributed by atoms with Crippen molar-refractivity contribution in [2.24, 2.45) is 0 Å². The van der Waals surface area contributed by atoms with Crippen LogP contribution in [0.15, 0.2) is 12.5 Å². The summed E-state index contributed by atoms with van der Waals surface area (Å²) in [4.78, 5) is 17.7. The van der Waals surface area contributed by atoms with Crippen molar-refractivity contribution in [3.63, 3.8) is 0 Å². The van der Waals surface area contributed by atoms with Gasteiger partial charge in [0.2, 0.25) is 0 Å². The van der Waals surface area contributed by atoms with Gasteiger partial charge < -0.3 is 15.0 Å². The lowest BCUT2D eigenvalue weighted by molar-refractivity contribution is 0.145. The predicted molar refractivity (Wildman–Crippen MR) is 51.9 cm³/mol. The molecule has 0 unspecified atom stereocenters. The topological polar surface area (TPSA) is 67.0 Å². The van der Waals surface area contributed by atoms with Crippen molar-refractivity contribution in [2.75, 3.05) is 13.2 Å². The molecule has 14 heavy (non-hydrogen) atoms. The van der Waals surface area contributed by atoms with Gasteiger partial charge in [-0.3, -0.25) is 0 Å². The van der Waals surface area contributed by atoms with E-state index in [1.165, 1.54) is 0 Å². The molecule has 0 aliphatic heterocycles. The maximum atomic E-state index is 10.9. The Hall–Kier alpha value is -1.52. The number of hydrogen-bond acceptors (Lipinski definition) is 3. The summed E-state index contributed by atoms with van der Waals surface area (Å²) in [5.74, 6) is 0. The fourth-order valence-electron chi connectivity index (χ4n) is 1.04. The molecule has 1 heterocycles. The number of aryl methyl sites for hydroxylation is 1. The molecule has 0 fully saturated rings. The van der Waals surface area contributed by atoms with Gasteiger partial charge in [-0.25, -0.2) is 9.78 Å². The van der Waals surface area contributed by atoms with Gasteiger partial charge in [0.15, 0.2) is 0 Å². The van der Waals surface area contributed by atoms with Crippen LogP contribution in [-0.2, 0) is 11.2 Å². The number of carbonyl (C=O) groups excluding carboxylic acids is 1. The Morgan fingerprint density at radius 2 is 2.57 bits per heavy atom.